The smallest absolute Gasteiger partial charge is 0.269 e. The maximum Gasteiger partial charge on any atom is 0.269 e. The molecule has 2 rings (SSSR count). The Balaban J connectivity index is 2.22. The lowest BCUT2D eigenvalue weighted by Gasteiger charge is -2.03. The molecule has 0 saturated heterocycles. The summed E-state index contributed by atoms with van der Waals surface area (Å²) in [7, 11) is 0. The molecule has 0 radical (unpaired) electrons. The van der Waals surface area contributed by atoms with Crippen molar-refractivity contribution in [2.45, 2.75) is 0 Å². The zero-order chi connectivity index (χ0) is 11.4. The van der Waals surface area contributed by atoms with Gasteiger partial charge < -0.3 is 5.32 Å². The van der Waals surface area contributed by atoms with Crippen LogP contribution in [0.1, 0.15) is 15.2 Å². The molecule has 0 aliphatic heterocycles. The first-order valence-electron chi connectivity index (χ1n) is 4.39. The quantitative estimate of drug-likeness (QED) is 0.850. The van der Waals surface area contributed by atoms with Crippen molar-refractivity contribution in [1.82, 2.24) is 9.59 Å². The maximum absolute atomic E-state index is 11.7. The number of benzene rings is 1. The van der Waals surface area contributed by atoms with Crippen molar-refractivity contribution in [3.63, 3.8) is 0 Å². The summed E-state index contributed by atoms with van der Waals surface area (Å²) in [4.78, 5) is 12.1. The molecule has 5 nitrogen and oxygen atoms in total. The van der Waals surface area contributed by atoms with Crippen LogP contribution in [0.5, 0.6) is 0 Å². The first kappa shape index (κ1) is 10.3. The van der Waals surface area contributed by atoms with Crippen LogP contribution in [0.3, 0.4) is 0 Å². The summed E-state index contributed by atoms with van der Waals surface area (Å²) in [6.07, 6.45) is 1.38. The van der Waals surface area contributed by atoms with Crippen LogP contribution in [0.2, 0.25) is 0 Å². The molecule has 78 valence electrons. The second kappa shape index (κ2) is 4.51. The number of hydrogen-bond donors (Lipinski definition) is 1. The van der Waals surface area contributed by atoms with Crippen molar-refractivity contribution in [1.29, 1.82) is 5.26 Å². The topological polar surface area (TPSA) is 78.7 Å². The Bertz CT molecular complexity index is 544. The van der Waals surface area contributed by atoms with Gasteiger partial charge in [0.15, 0.2) is 0 Å². The van der Waals surface area contributed by atoms with Gasteiger partial charge in [0.25, 0.3) is 5.91 Å². The van der Waals surface area contributed by atoms with Gasteiger partial charge in [-0.3, -0.25) is 4.79 Å². The van der Waals surface area contributed by atoms with E-state index in [1.165, 1.54) is 6.20 Å². The van der Waals surface area contributed by atoms with Gasteiger partial charge in [0.05, 0.1) is 17.4 Å². The van der Waals surface area contributed by atoms with E-state index in [0.717, 1.165) is 11.5 Å². The molecule has 0 fully saturated rings. The molecule has 1 amide bonds. The number of carbonyl (C=O) groups excluding carboxylic acids is 1. The molecule has 0 aliphatic rings. The molecular weight excluding hydrogens is 224 g/mol. The molecule has 1 N–H and O–H groups in total. The number of hydrogen-bond acceptors (Lipinski definition) is 5. The molecular formula is C10H6N4OS. The predicted octanol–water partition coefficient (Wildman–Crippen LogP) is 1.66. The van der Waals surface area contributed by atoms with E-state index >= 15 is 0 Å². The van der Waals surface area contributed by atoms with Gasteiger partial charge in [-0.25, -0.2) is 0 Å². The van der Waals surface area contributed by atoms with Crippen molar-refractivity contribution in [2.75, 3.05) is 5.32 Å². The van der Waals surface area contributed by atoms with Gasteiger partial charge in [-0.15, -0.1) is 5.10 Å². The van der Waals surface area contributed by atoms with Crippen LogP contribution in [0, 0.1) is 11.3 Å². The Morgan fingerprint density at radius 3 is 2.94 bits per heavy atom. The molecule has 0 unspecified atom stereocenters. The van der Waals surface area contributed by atoms with Gasteiger partial charge >= 0.3 is 0 Å². The Morgan fingerprint density at radius 1 is 1.44 bits per heavy atom. The fraction of sp³-hybridized carbons (Fsp3) is 0. The van der Waals surface area contributed by atoms with Crippen LogP contribution in [0.15, 0.2) is 30.5 Å². The number of nitrogens with zero attached hydrogens (tertiary/aromatic N) is 3. The summed E-state index contributed by atoms with van der Waals surface area (Å²) in [6, 6.07) is 8.80. The van der Waals surface area contributed by atoms with Gasteiger partial charge in [0.2, 0.25) is 0 Å². The van der Waals surface area contributed by atoms with E-state index in [4.69, 9.17) is 5.26 Å². The number of nitriles is 1. The normalized spacial score (nSPS) is 9.44. The van der Waals surface area contributed by atoms with Crippen LogP contribution in [0.25, 0.3) is 0 Å². The molecule has 1 heterocycles. The minimum absolute atomic E-state index is 0.308. The fourth-order valence-electron chi connectivity index (χ4n) is 1.14. The molecule has 6 heteroatoms. The number of para-hydroxylation sites is 1. The minimum Gasteiger partial charge on any atom is -0.320 e. The van der Waals surface area contributed by atoms with Gasteiger partial charge in [-0.1, -0.05) is 16.6 Å². The molecule has 0 atom stereocenters. The van der Waals surface area contributed by atoms with Gasteiger partial charge in [-0.05, 0) is 23.7 Å². The molecule has 1 aromatic heterocycles. The van der Waals surface area contributed by atoms with Crippen LogP contribution < -0.4 is 5.32 Å². The maximum atomic E-state index is 11.7. The summed E-state index contributed by atoms with van der Waals surface area (Å²) in [5, 5.41) is 15.0. The lowest BCUT2D eigenvalue weighted by atomic mass is 10.2. The number of carbonyl (C=O) groups is 1. The third-order valence-corrected chi connectivity index (χ3v) is 2.54. The Kier molecular flexibility index (Phi) is 2.89. The molecule has 0 bridgehead atoms. The summed E-state index contributed by atoms with van der Waals surface area (Å²) in [6.45, 7) is 0. The average molecular weight is 230 g/mol. The second-order valence-electron chi connectivity index (χ2n) is 2.89. The lowest BCUT2D eigenvalue weighted by Crippen LogP contribution is -2.11. The Labute approximate surface area is 95.5 Å². The zero-order valence-corrected chi connectivity index (χ0v) is 8.86. The highest BCUT2D eigenvalue weighted by Gasteiger charge is 2.10. The second-order valence-corrected chi connectivity index (χ2v) is 3.68. The summed E-state index contributed by atoms with van der Waals surface area (Å²) >= 11 is 1.01. The van der Waals surface area contributed by atoms with E-state index < -0.39 is 0 Å². The van der Waals surface area contributed by atoms with Crippen molar-refractivity contribution in [2.24, 2.45) is 0 Å². The molecule has 1 aromatic carbocycles. The summed E-state index contributed by atoms with van der Waals surface area (Å²) < 4.78 is 3.59. The highest BCUT2D eigenvalue weighted by molar-refractivity contribution is 7.07. The van der Waals surface area contributed by atoms with Crippen molar-refractivity contribution < 1.29 is 4.79 Å². The summed E-state index contributed by atoms with van der Waals surface area (Å²) in [5.41, 5.74) is 0.914. The number of nitrogens with one attached hydrogen (secondary N) is 1. The van der Waals surface area contributed by atoms with Gasteiger partial charge in [0, 0.05) is 0 Å². The first-order chi connectivity index (χ1) is 7.81. The number of rotatable bonds is 2. The van der Waals surface area contributed by atoms with Crippen LogP contribution in [0.4, 0.5) is 5.69 Å². The molecule has 0 spiro atoms. The molecule has 2 aromatic rings. The fourth-order valence-corrected chi connectivity index (χ4v) is 1.55. The number of anilines is 1. The SMILES string of the molecule is N#Cc1ccccc1NC(=O)c1cnns1. The van der Waals surface area contributed by atoms with E-state index in [-0.39, 0.29) is 5.91 Å². The molecule has 0 aliphatic carbocycles. The lowest BCUT2D eigenvalue weighted by molar-refractivity contribution is 0.103. The highest BCUT2D eigenvalue weighted by Crippen LogP contribution is 2.15. The average Bonchev–Trinajstić information content (AvgIpc) is 2.83. The number of amides is 1. The van der Waals surface area contributed by atoms with Crippen LogP contribution in [-0.2, 0) is 0 Å². The Morgan fingerprint density at radius 2 is 2.25 bits per heavy atom. The first-order valence-corrected chi connectivity index (χ1v) is 5.16. The van der Waals surface area contributed by atoms with Gasteiger partial charge in [0.1, 0.15) is 10.9 Å². The monoisotopic (exact) mass is 230 g/mol. The molecule has 0 saturated carbocycles. The highest BCUT2D eigenvalue weighted by atomic mass is 32.1. The van der Waals surface area contributed by atoms with Crippen molar-refractivity contribution >= 4 is 23.1 Å². The van der Waals surface area contributed by atoms with Crippen molar-refractivity contribution in [3.05, 3.63) is 40.9 Å². The summed E-state index contributed by atoms with van der Waals surface area (Å²) in [5.74, 6) is -0.308. The number of aromatic nitrogens is 2. The third-order valence-electron chi connectivity index (χ3n) is 1.88. The predicted molar refractivity (Wildman–Crippen MR) is 59.0 cm³/mol. The van der Waals surface area contributed by atoms with Crippen molar-refractivity contribution in [3.8, 4) is 6.07 Å². The Hall–Kier alpha value is -2.26. The van der Waals surface area contributed by atoms with E-state index in [2.05, 4.69) is 14.9 Å². The minimum atomic E-state index is -0.308. The molecule has 16 heavy (non-hydrogen) atoms. The van der Waals surface area contributed by atoms with Crippen LogP contribution in [-0.4, -0.2) is 15.5 Å². The zero-order valence-electron chi connectivity index (χ0n) is 8.04. The van der Waals surface area contributed by atoms with E-state index in [0.29, 0.717) is 16.1 Å². The van der Waals surface area contributed by atoms with Crippen LogP contribution >= 0.6 is 11.5 Å². The van der Waals surface area contributed by atoms with E-state index in [1.54, 1.807) is 24.3 Å². The largest absolute Gasteiger partial charge is 0.320 e. The standard InChI is InChI=1S/C10H6N4OS/c11-5-7-3-1-2-4-8(7)13-10(15)9-6-12-14-16-9/h1-4,6H,(H,13,15). The van der Waals surface area contributed by atoms with E-state index in [1.807, 2.05) is 6.07 Å². The van der Waals surface area contributed by atoms with E-state index in [9.17, 15) is 4.79 Å². The van der Waals surface area contributed by atoms with Gasteiger partial charge in [-0.2, -0.15) is 5.26 Å². The third kappa shape index (κ3) is 2.04.